The van der Waals surface area contributed by atoms with Crippen LogP contribution in [0.25, 0.3) is 4.85 Å². The van der Waals surface area contributed by atoms with Gasteiger partial charge in [-0.3, -0.25) is 14.4 Å². The van der Waals surface area contributed by atoms with Crippen molar-refractivity contribution in [1.82, 2.24) is 0 Å². The van der Waals surface area contributed by atoms with Crippen molar-refractivity contribution in [1.29, 1.82) is 0 Å². The number of nitrogens with zero attached hydrogens (tertiary/aromatic N) is 1. The van der Waals surface area contributed by atoms with Gasteiger partial charge >= 0.3 is 11.9 Å². The molecule has 0 spiro atoms. The SMILES string of the molecule is [C-]#[N+]CCC(CCC(=O)OC)(C(C)=O)C(=O)OC. The number of carbonyl (C=O) groups excluding carboxylic acids is 3. The topological polar surface area (TPSA) is 74.0 Å². The number of rotatable bonds is 7. The Bertz CT molecular complexity index is 371. The second-order valence-electron chi connectivity index (χ2n) is 3.84. The predicted molar refractivity (Wildman–Crippen MR) is 62.5 cm³/mol. The Kier molecular flexibility index (Phi) is 6.65. The van der Waals surface area contributed by atoms with Crippen LogP contribution in [0.5, 0.6) is 0 Å². The summed E-state index contributed by atoms with van der Waals surface area (Å²) in [5.41, 5.74) is -1.42. The van der Waals surface area contributed by atoms with Crippen molar-refractivity contribution >= 4 is 17.7 Å². The molecule has 1 atom stereocenters. The summed E-state index contributed by atoms with van der Waals surface area (Å²) in [5.74, 6) is -1.61. The van der Waals surface area contributed by atoms with E-state index in [1.54, 1.807) is 0 Å². The Morgan fingerprint density at radius 3 is 2.17 bits per heavy atom. The number of ether oxygens (including phenoxy) is 2. The summed E-state index contributed by atoms with van der Waals surface area (Å²) in [6.45, 7) is 8.03. The van der Waals surface area contributed by atoms with Gasteiger partial charge in [0.1, 0.15) is 11.2 Å². The number of hydrogen-bond acceptors (Lipinski definition) is 5. The van der Waals surface area contributed by atoms with E-state index in [0.29, 0.717) is 0 Å². The molecule has 0 amide bonds. The number of esters is 2. The molecule has 0 bridgehead atoms. The first kappa shape index (κ1) is 16.1. The summed E-state index contributed by atoms with van der Waals surface area (Å²) in [6.07, 6.45) is -0.0180. The van der Waals surface area contributed by atoms with Gasteiger partial charge in [0, 0.05) is 12.8 Å². The molecule has 18 heavy (non-hydrogen) atoms. The van der Waals surface area contributed by atoms with Crippen LogP contribution in [0, 0.1) is 12.0 Å². The van der Waals surface area contributed by atoms with E-state index >= 15 is 0 Å². The van der Waals surface area contributed by atoms with Gasteiger partial charge in [-0.1, -0.05) is 0 Å². The highest BCUT2D eigenvalue weighted by Crippen LogP contribution is 2.31. The highest BCUT2D eigenvalue weighted by molar-refractivity contribution is 6.03. The summed E-state index contributed by atoms with van der Waals surface area (Å²) in [5, 5.41) is 0. The molecule has 6 nitrogen and oxygen atoms in total. The molecule has 0 N–H and O–H groups in total. The van der Waals surface area contributed by atoms with Crippen molar-refractivity contribution in [3.05, 3.63) is 11.4 Å². The Hall–Kier alpha value is -1.90. The quantitative estimate of drug-likeness (QED) is 0.385. The third kappa shape index (κ3) is 3.84. The number of Topliss-reactive ketones (excluding diaryl/α,β-unsaturated/α-hetero) is 1. The normalized spacial score (nSPS) is 13.0. The van der Waals surface area contributed by atoms with Crippen LogP contribution in [0.15, 0.2) is 0 Å². The minimum atomic E-state index is -1.42. The largest absolute Gasteiger partial charge is 0.469 e. The van der Waals surface area contributed by atoms with Gasteiger partial charge in [0.15, 0.2) is 0 Å². The molecule has 0 heterocycles. The minimum absolute atomic E-state index is 0.00278. The summed E-state index contributed by atoms with van der Waals surface area (Å²) >= 11 is 0. The number of ketones is 1. The third-order valence-electron chi connectivity index (χ3n) is 2.88. The molecule has 0 rings (SSSR count). The lowest BCUT2D eigenvalue weighted by atomic mass is 9.76. The molecule has 0 radical (unpaired) electrons. The zero-order valence-electron chi connectivity index (χ0n) is 10.8. The molecule has 0 fully saturated rings. The standard InChI is InChI=1S/C12H17NO5/c1-9(14)12(7-8-13-2,11(16)18-4)6-5-10(15)17-3/h5-8H2,1,3-4H3. The second kappa shape index (κ2) is 7.43. The Morgan fingerprint density at radius 1 is 1.17 bits per heavy atom. The fourth-order valence-corrected chi connectivity index (χ4v) is 1.68. The van der Waals surface area contributed by atoms with Gasteiger partial charge in [0.2, 0.25) is 6.54 Å². The molecule has 0 aromatic carbocycles. The molecular formula is C12H17NO5. The van der Waals surface area contributed by atoms with Crippen molar-refractivity contribution in [2.75, 3.05) is 20.8 Å². The molecule has 0 aliphatic rings. The average molecular weight is 255 g/mol. The van der Waals surface area contributed by atoms with Gasteiger partial charge in [-0.15, -0.1) is 0 Å². The number of carbonyl (C=O) groups is 3. The van der Waals surface area contributed by atoms with E-state index in [-0.39, 0.29) is 25.8 Å². The molecule has 0 saturated heterocycles. The maximum absolute atomic E-state index is 11.8. The van der Waals surface area contributed by atoms with Crippen LogP contribution in [0.2, 0.25) is 0 Å². The number of hydrogen-bond donors (Lipinski definition) is 0. The summed E-state index contributed by atoms with van der Waals surface area (Å²) in [4.78, 5) is 37.8. The predicted octanol–water partition coefficient (Wildman–Crippen LogP) is 0.997. The molecule has 0 aliphatic heterocycles. The average Bonchev–Trinajstić information content (AvgIpc) is 2.37. The van der Waals surface area contributed by atoms with Crippen LogP contribution in [0.4, 0.5) is 0 Å². The summed E-state index contributed by atoms with van der Waals surface area (Å²) in [6, 6.07) is 0. The molecule has 0 saturated carbocycles. The van der Waals surface area contributed by atoms with Crippen molar-refractivity contribution in [3.63, 3.8) is 0 Å². The first-order valence-corrected chi connectivity index (χ1v) is 5.44. The molecule has 6 heteroatoms. The maximum atomic E-state index is 11.8. The summed E-state index contributed by atoms with van der Waals surface area (Å²) < 4.78 is 9.11. The lowest BCUT2D eigenvalue weighted by Crippen LogP contribution is -2.40. The zero-order valence-corrected chi connectivity index (χ0v) is 10.8. The fraction of sp³-hybridized carbons (Fsp3) is 0.667. The molecule has 1 unspecified atom stereocenters. The van der Waals surface area contributed by atoms with Gasteiger partial charge in [-0.2, -0.15) is 0 Å². The van der Waals surface area contributed by atoms with Crippen LogP contribution in [0.3, 0.4) is 0 Å². The molecule has 0 aromatic heterocycles. The monoisotopic (exact) mass is 255 g/mol. The van der Waals surface area contributed by atoms with Gasteiger partial charge in [0.05, 0.1) is 14.2 Å². The second-order valence-corrected chi connectivity index (χ2v) is 3.84. The van der Waals surface area contributed by atoms with Crippen LogP contribution in [-0.2, 0) is 23.9 Å². The van der Waals surface area contributed by atoms with Gasteiger partial charge in [-0.25, -0.2) is 6.57 Å². The van der Waals surface area contributed by atoms with Crippen molar-refractivity contribution in [2.45, 2.75) is 26.2 Å². The van der Waals surface area contributed by atoms with Crippen LogP contribution < -0.4 is 0 Å². The first-order valence-electron chi connectivity index (χ1n) is 5.44. The van der Waals surface area contributed by atoms with Gasteiger partial charge in [0.25, 0.3) is 0 Å². The highest BCUT2D eigenvalue weighted by atomic mass is 16.5. The highest BCUT2D eigenvalue weighted by Gasteiger charge is 2.45. The fourth-order valence-electron chi connectivity index (χ4n) is 1.68. The smallest absolute Gasteiger partial charge is 0.319 e. The van der Waals surface area contributed by atoms with E-state index in [0.717, 1.165) is 0 Å². The van der Waals surface area contributed by atoms with E-state index in [1.807, 2.05) is 0 Å². The van der Waals surface area contributed by atoms with E-state index < -0.39 is 23.1 Å². The van der Waals surface area contributed by atoms with E-state index in [9.17, 15) is 14.4 Å². The molecule has 0 aliphatic carbocycles. The van der Waals surface area contributed by atoms with Crippen LogP contribution >= 0.6 is 0 Å². The van der Waals surface area contributed by atoms with Gasteiger partial charge < -0.3 is 14.3 Å². The Morgan fingerprint density at radius 2 is 1.78 bits per heavy atom. The van der Waals surface area contributed by atoms with Crippen molar-refractivity contribution in [2.24, 2.45) is 5.41 Å². The zero-order chi connectivity index (χ0) is 14.2. The number of methoxy groups -OCH3 is 2. The van der Waals surface area contributed by atoms with E-state index in [2.05, 4.69) is 14.3 Å². The van der Waals surface area contributed by atoms with Crippen molar-refractivity contribution < 1.29 is 23.9 Å². The third-order valence-corrected chi connectivity index (χ3v) is 2.88. The Labute approximate surface area is 106 Å². The maximum Gasteiger partial charge on any atom is 0.319 e. The molecule has 100 valence electrons. The lowest BCUT2D eigenvalue weighted by Gasteiger charge is -2.25. The molecule has 0 aromatic rings. The lowest BCUT2D eigenvalue weighted by molar-refractivity contribution is -0.159. The minimum Gasteiger partial charge on any atom is -0.469 e. The van der Waals surface area contributed by atoms with E-state index in [4.69, 9.17) is 6.57 Å². The van der Waals surface area contributed by atoms with Gasteiger partial charge in [-0.05, 0) is 13.3 Å². The van der Waals surface area contributed by atoms with Crippen molar-refractivity contribution in [3.8, 4) is 0 Å². The first-order chi connectivity index (χ1) is 8.44. The van der Waals surface area contributed by atoms with E-state index in [1.165, 1.54) is 21.1 Å². The Balaban J connectivity index is 5.08. The summed E-state index contributed by atoms with van der Waals surface area (Å²) in [7, 11) is 2.41. The molecular weight excluding hydrogens is 238 g/mol. The van der Waals surface area contributed by atoms with Crippen LogP contribution in [0.1, 0.15) is 26.2 Å². The van der Waals surface area contributed by atoms with Crippen LogP contribution in [-0.4, -0.2) is 38.5 Å².